The van der Waals surface area contributed by atoms with E-state index in [-0.39, 0.29) is 11.3 Å². The number of carbonyl (C=O) groups is 1. The molecule has 0 saturated heterocycles. The van der Waals surface area contributed by atoms with E-state index in [4.69, 9.17) is 9.47 Å². The fourth-order valence-corrected chi connectivity index (χ4v) is 2.86. The normalized spacial score (nSPS) is 11.8. The fraction of sp³-hybridized carbons (Fsp3) is 0.333. The number of ether oxygens (including phenoxy) is 2. The van der Waals surface area contributed by atoms with Gasteiger partial charge in [-0.05, 0) is 42.5 Å². The van der Waals surface area contributed by atoms with E-state index < -0.39 is 0 Å². The summed E-state index contributed by atoms with van der Waals surface area (Å²) < 4.78 is 10.4. The Balaban J connectivity index is 2.05. The van der Waals surface area contributed by atoms with Crippen molar-refractivity contribution in [1.82, 2.24) is 5.43 Å². The quantitative estimate of drug-likeness (QED) is 0.599. The van der Waals surface area contributed by atoms with E-state index in [1.807, 2.05) is 25.1 Å². The zero-order valence-corrected chi connectivity index (χ0v) is 16.0. The van der Waals surface area contributed by atoms with E-state index in [0.717, 1.165) is 12.1 Å². The van der Waals surface area contributed by atoms with Gasteiger partial charge in [-0.2, -0.15) is 5.10 Å². The lowest BCUT2D eigenvalue weighted by molar-refractivity contribution is 0.0954. The van der Waals surface area contributed by atoms with E-state index in [1.54, 1.807) is 25.3 Å². The molecule has 0 fully saturated rings. The third-order valence-corrected chi connectivity index (χ3v) is 4.25. The van der Waals surface area contributed by atoms with Gasteiger partial charge in [0.25, 0.3) is 5.91 Å². The third-order valence-electron chi connectivity index (χ3n) is 4.25. The highest BCUT2D eigenvalue weighted by Gasteiger charge is 2.21. The molecule has 0 saturated carbocycles. The maximum Gasteiger partial charge on any atom is 0.271 e. The Bertz CT molecular complexity index is 783. The second-order valence-electron chi connectivity index (χ2n) is 6.78. The molecule has 1 N–H and O–H groups in total. The molecule has 0 heterocycles. The van der Waals surface area contributed by atoms with Crippen LogP contribution in [-0.2, 0) is 5.41 Å². The molecule has 1 amide bonds. The van der Waals surface area contributed by atoms with E-state index in [2.05, 4.69) is 36.5 Å². The molecular formula is C21H26N2O3. The van der Waals surface area contributed by atoms with Crippen LogP contribution in [0.2, 0.25) is 0 Å². The number of methoxy groups -OCH3 is 2. The predicted octanol–water partition coefficient (Wildman–Crippen LogP) is 4.18. The van der Waals surface area contributed by atoms with Gasteiger partial charge in [0.2, 0.25) is 0 Å². The highest BCUT2D eigenvalue weighted by atomic mass is 16.5. The van der Waals surface area contributed by atoms with Crippen molar-refractivity contribution < 1.29 is 14.3 Å². The maximum atomic E-state index is 12.3. The van der Waals surface area contributed by atoms with Crippen molar-refractivity contribution in [2.75, 3.05) is 14.2 Å². The molecule has 2 aromatic carbocycles. The first-order chi connectivity index (χ1) is 12.4. The minimum atomic E-state index is -0.289. The molecular weight excluding hydrogens is 328 g/mol. The summed E-state index contributed by atoms with van der Waals surface area (Å²) in [5, 5.41) is 4.25. The molecule has 5 nitrogen and oxygen atoms in total. The summed E-state index contributed by atoms with van der Waals surface area (Å²) in [4.78, 5) is 12.3. The van der Waals surface area contributed by atoms with E-state index in [0.29, 0.717) is 17.1 Å². The van der Waals surface area contributed by atoms with Gasteiger partial charge in [-0.3, -0.25) is 4.79 Å². The summed E-state index contributed by atoms with van der Waals surface area (Å²) in [6.45, 7) is 6.24. The van der Waals surface area contributed by atoms with Crippen LogP contribution >= 0.6 is 0 Å². The lowest BCUT2D eigenvalue weighted by atomic mass is 9.80. The van der Waals surface area contributed by atoms with Gasteiger partial charge >= 0.3 is 0 Å². The van der Waals surface area contributed by atoms with Crippen LogP contribution in [0.4, 0.5) is 0 Å². The summed E-state index contributed by atoms with van der Waals surface area (Å²) in [5.41, 5.74) is 5.10. The van der Waals surface area contributed by atoms with Gasteiger partial charge in [0.05, 0.1) is 14.2 Å². The monoisotopic (exact) mass is 354 g/mol. The van der Waals surface area contributed by atoms with Crippen molar-refractivity contribution in [3.05, 3.63) is 59.7 Å². The van der Waals surface area contributed by atoms with Crippen LogP contribution in [0.5, 0.6) is 11.5 Å². The standard InChI is InChI=1S/C21H26N2O3/c1-15(14-21(2,3)17-9-7-6-8-10-17)22-23-20(24)16-11-12-18(25-4)19(13-16)26-5/h6-13H,14H2,1-5H3,(H,23,24)/b22-15-. The minimum Gasteiger partial charge on any atom is -0.493 e. The Hall–Kier alpha value is -2.82. The minimum absolute atomic E-state index is 0.0666. The molecule has 2 aromatic rings. The Morgan fingerprint density at radius 1 is 1.04 bits per heavy atom. The number of hydrazone groups is 1. The largest absolute Gasteiger partial charge is 0.493 e. The van der Waals surface area contributed by atoms with Gasteiger partial charge in [0.15, 0.2) is 11.5 Å². The SMILES string of the molecule is COc1ccc(C(=O)N/N=C(/C)CC(C)(C)c2ccccc2)cc1OC. The summed E-state index contributed by atoms with van der Waals surface area (Å²) in [6, 6.07) is 15.3. The number of rotatable bonds is 7. The van der Waals surface area contributed by atoms with Gasteiger partial charge in [0, 0.05) is 11.3 Å². The van der Waals surface area contributed by atoms with Gasteiger partial charge < -0.3 is 9.47 Å². The van der Waals surface area contributed by atoms with Crippen LogP contribution in [0.3, 0.4) is 0 Å². The predicted molar refractivity (Wildman–Crippen MR) is 104 cm³/mol. The van der Waals surface area contributed by atoms with Crippen LogP contribution in [0.25, 0.3) is 0 Å². The van der Waals surface area contributed by atoms with E-state index >= 15 is 0 Å². The Labute approximate surface area is 155 Å². The average Bonchev–Trinajstić information content (AvgIpc) is 2.65. The first-order valence-electron chi connectivity index (χ1n) is 8.48. The molecule has 138 valence electrons. The summed E-state index contributed by atoms with van der Waals surface area (Å²) in [6.07, 6.45) is 0.739. The molecule has 0 aliphatic heterocycles. The molecule has 0 bridgehead atoms. The molecule has 0 unspecified atom stereocenters. The van der Waals surface area contributed by atoms with E-state index in [9.17, 15) is 4.79 Å². The summed E-state index contributed by atoms with van der Waals surface area (Å²) in [5.74, 6) is 0.794. The van der Waals surface area contributed by atoms with Crippen molar-refractivity contribution in [3.8, 4) is 11.5 Å². The molecule has 0 aromatic heterocycles. The van der Waals surface area contributed by atoms with Crippen molar-refractivity contribution in [2.45, 2.75) is 32.6 Å². The van der Waals surface area contributed by atoms with Gasteiger partial charge in [-0.25, -0.2) is 5.43 Å². The molecule has 26 heavy (non-hydrogen) atoms. The number of nitrogens with zero attached hydrogens (tertiary/aromatic N) is 1. The van der Waals surface area contributed by atoms with Crippen molar-refractivity contribution in [2.24, 2.45) is 5.10 Å². The fourth-order valence-electron chi connectivity index (χ4n) is 2.86. The van der Waals surface area contributed by atoms with Gasteiger partial charge in [-0.15, -0.1) is 0 Å². The zero-order chi connectivity index (χ0) is 19.2. The lowest BCUT2D eigenvalue weighted by Gasteiger charge is -2.25. The third kappa shape index (κ3) is 4.85. The average molecular weight is 354 g/mol. The Morgan fingerprint density at radius 2 is 1.69 bits per heavy atom. The Morgan fingerprint density at radius 3 is 2.31 bits per heavy atom. The summed E-state index contributed by atoms with van der Waals surface area (Å²) >= 11 is 0. The lowest BCUT2D eigenvalue weighted by Crippen LogP contribution is -2.24. The van der Waals surface area contributed by atoms with Crippen molar-refractivity contribution in [1.29, 1.82) is 0 Å². The maximum absolute atomic E-state index is 12.3. The number of benzene rings is 2. The van der Waals surface area contributed by atoms with Crippen molar-refractivity contribution in [3.63, 3.8) is 0 Å². The number of carbonyl (C=O) groups excluding carboxylic acids is 1. The smallest absolute Gasteiger partial charge is 0.271 e. The topological polar surface area (TPSA) is 59.9 Å². The first-order valence-corrected chi connectivity index (χ1v) is 8.48. The highest BCUT2D eigenvalue weighted by molar-refractivity contribution is 5.96. The molecule has 0 aliphatic rings. The van der Waals surface area contributed by atoms with Crippen LogP contribution < -0.4 is 14.9 Å². The van der Waals surface area contributed by atoms with Gasteiger partial charge in [-0.1, -0.05) is 44.2 Å². The summed E-state index contributed by atoms with van der Waals surface area (Å²) in [7, 11) is 3.09. The van der Waals surface area contributed by atoms with Crippen LogP contribution in [-0.4, -0.2) is 25.8 Å². The molecule has 0 spiro atoms. The van der Waals surface area contributed by atoms with Gasteiger partial charge in [0.1, 0.15) is 0 Å². The number of amides is 1. The second kappa shape index (κ2) is 8.52. The van der Waals surface area contributed by atoms with Crippen LogP contribution in [0.15, 0.2) is 53.6 Å². The van der Waals surface area contributed by atoms with Crippen molar-refractivity contribution >= 4 is 11.6 Å². The number of hydrogen-bond donors (Lipinski definition) is 1. The molecule has 0 radical (unpaired) electrons. The molecule has 2 rings (SSSR count). The molecule has 0 atom stereocenters. The van der Waals surface area contributed by atoms with E-state index in [1.165, 1.54) is 12.7 Å². The second-order valence-corrected chi connectivity index (χ2v) is 6.78. The molecule has 5 heteroatoms. The Kier molecular flexibility index (Phi) is 6.39. The van der Waals surface area contributed by atoms with Crippen LogP contribution in [0.1, 0.15) is 43.1 Å². The number of hydrogen-bond acceptors (Lipinski definition) is 4. The van der Waals surface area contributed by atoms with Crippen LogP contribution in [0, 0.1) is 0 Å². The zero-order valence-electron chi connectivity index (χ0n) is 16.0. The number of nitrogens with one attached hydrogen (secondary N) is 1. The first kappa shape index (κ1) is 19.5. The molecule has 0 aliphatic carbocycles. The highest BCUT2D eigenvalue weighted by Crippen LogP contribution is 2.28.